The first-order valence-electron chi connectivity index (χ1n) is 22.8. The fourth-order valence-corrected chi connectivity index (χ4v) is 10.4. The molecule has 6 aliphatic rings. The minimum atomic E-state index is -1.70. The molecule has 0 aromatic heterocycles. The van der Waals surface area contributed by atoms with E-state index in [0.717, 1.165) is 30.4 Å². The van der Waals surface area contributed by atoms with Crippen LogP contribution in [0.1, 0.15) is 88.5 Å². The highest BCUT2D eigenvalue weighted by Gasteiger charge is 2.77. The number of benzene rings is 3. The summed E-state index contributed by atoms with van der Waals surface area (Å²) in [7, 11) is 0. The number of amides is 2. The summed E-state index contributed by atoms with van der Waals surface area (Å²) in [4.78, 5) is 63.1. The minimum Gasteiger partial charge on any atom is -0.460 e. The van der Waals surface area contributed by atoms with Crippen LogP contribution in [0.2, 0.25) is 0 Å². The van der Waals surface area contributed by atoms with Crippen molar-refractivity contribution < 1.29 is 57.9 Å². The van der Waals surface area contributed by atoms with Crippen LogP contribution in [0.25, 0.3) is 6.08 Å². The number of aliphatic hydroxyl groups excluding tert-OH is 2. The Bertz CT molecular complexity index is 2230. The predicted octanol–water partition coefficient (Wildman–Crippen LogP) is 4.22. The Morgan fingerprint density at radius 2 is 1.63 bits per heavy atom. The Kier molecular flexibility index (Phi) is 12.5. The van der Waals surface area contributed by atoms with Crippen LogP contribution >= 0.6 is 0 Å². The molecule has 2 amide bonds. The Hall–Kier alpha value is -5.00. The number of hydrogen-bond donors (Lipinski definition) is 4. The molecule has 2 saturated carbocycles. The van der Waals surface area contributed by atoms with Gasteiger partial charge in [0, 0.05) is 24.0 Å². The second-order valence-electron chi connectivity index (χ2n) is 19.3. The van der Waals surface area contributed by atoms with Crippen LogP contribution in [0.5, 0.6) is 0 Å². The summed E-state index contributed by atoms with van der Waals surface area (Å²) < 4.78 is 31.4. The molecule has 4 saturated heterocycles. The molecule has 3 aromatic carbocycles. The molecule has 0 radical (unpaired) electrons. The van der Waals surface area contributed by atoms with Gasteiger partial charge in [0.25, 0.3) is 0 Å². The first-order valence-corrected chi connectivity index (χ1v) is 22.8. The van der Waals surface area contributed by atoms with Gasteiger partial charge in [-0.05, 0) is 70.4 Å². The molecule has 15 heteroatoms. The summed E-state index contributed by atoms with van der Waals surface area (Å²) in [5.74, 6) is -3.77. The molecule has 4 aliphatic heterocycles. The van der Waals surface area contributed by atoms with Gasteiger partial charge < -0.3 is 44.5 Å². The number of allylic oxidation sites excluding steroid dienone is 1. The summed E-state index contributed by atoms with van der Waals surface area (Å²) >= 11 is 0. The Morgan fingerprint density at radius 1 is 0.923 bits per heavy atom. The van der Waals surface area contributed by atoms with Crippen LogP contribution in [0.15, 0.2) is 91.0 Å². The predicted molar refractivity (Wildman–Crippen MR) is 234 cm³/mol. The number of esters is 2. The molecule has 12 atom stereocenters. The molecule has 65 heavy (non-hydrogen) atoms. The van der Waals surface area contributed by atoms with Crippen LogP contribution in [-0.2, 0) is 60.0 Å². The molecule has 3 unspecified atom stereocenters. The van der Waals surface area contributed by atoms with E-state index in [2.05, 4.69) is 22.8 Å². The Morgan fingerprint density at radius 3 is 2.29 bits per heavy atom. The van der Waals surface area contributed by atoms with Gasteiger partial charge in [-0.25, -0.2) is 0 Å². The van der Waals surface area contributed by atoms with Crippen molar-refractivity contribution >= 4 is 29.8 Å². The van der Waals surface area contributed by atoms with Gasteiger partial charge in [-0.2, -0.15) is 5.06 Å². The number of rotatable bonds is 15. The summed E-state index contributed by atoms with van der Waals surface area (Å²) in [6.45, 7) is 6.16. The van der Waals surface area contributed by atoms with Gasteiger partial charge in [0.15, 0.2) is 6.04 Å². The third-order valence-corrected chi connectivity index (χ3v) is 13.5. The maximum absolute atomic E-state index is 15.3. The zero-order valence-electron chi connectivity index (χ0n) is 37.2. The fraction of sp³-hybridized carbons (Fsp3) is 0.520. The molecule has 2 aliphatic carbocycles. The van der Waals surface area contributed by atoms with Crippen molar-refractivity contribution in [1.82, 2.24) is 15.7 Å². The second-order valence-corrected chi connectivity index (χ2v) is 19.3. The van der Waals surface area contributed by atoms with E-state index in [9.17, 15) is 24.6 Å². The number of carbonyl (C=O) groups is 4. The molecule has 4 heterocycles. The number of nitrogens with zero attached hydrogens (tertiary/aromatic N) is 1. The average molecular weight is 894 g/mol. The molecular formula is C50H59N3O12. The summed E-state index contributed by atoms with van der Waals surface area (Å²) in [5, 5.41) is 28.2. The van der Waals surface area contributed by atoms with Crippen molar-refractivity contribution in [2.75, 3.05) is 6.61 Å². The van der Waals surface area contributed by atoms with E-state index in [0.29, 0.717) is 29.3 Å². The van der Waals surface area contributed by atoms with Crippen molar-refractivity contribution in [2.45, 2.75) is 145 Å². The highest BCUT2D eigenvalue weighted by Crippen LogP contribution is 2.59. The first-order chi connectivity index (χ1) is 31.2. The molecule has 0 spiro atoms. The van der Waals surface area contributed by atoms with E-state index < -0.39 is 95.8 Å². The van der Waals surface area contributed by atoms with Crippen LogP contribution in [0, 0.1) is 11.3 Å². The van der Waals surface area contributed by atoms with Crippen molar-refractivity contribution in [3.8, 4) is 0 Å². The molecule has 3 aromatic rings. The van der Waals surface area contributed by atoms with E-state index >= 15 is 4.79 Å². The van der Waals surface area contributed by atoms with Gasteiger partial charge in [-0.3, -0.25) is 24.0 Å². The van der Waals surface area contributed by atoms with E-state index in [1.54, 1.807) is 20.8 Å². The molecule has 9 rings (SSSR count). The highest BCUT2D eigenvalue weighted by atomic mass is 16.8. The van der Waals surface area contributed by atoms with Gasteiger partial charge in [-0.15, -0.1) is 0 Å². The van der Waals surface area contributed by atoms with Crippen molar-refractivity contribution in [3.05, 3.63) is 113 Å². The molecule has 6 fully saturated rings. The summed E-state index contributed by atoms with van der Waals surface area (Å²) in [6.07, 6.45) is 2.83. The molecule has 2 bridgehead atoms. The number of aliphatic hydroxyl groups is 2. The van der Waals surface area contributed by atoms with E-state index in [1.807, 2.05) is 84.9 Å². The minimum absolute atomic E-state index is 0.0420. The third kappa shape index (κ3) is 8.99. The Balaban J connectivity index is 1.03. The van der Waals surface area contributed by atoms with Crippen molar-refractivity contribution in [1.29, 1.82) is 0 Å². The number of hydroxylamine groups is 2. The lowest BCUT2D eigenvalue weighted by Gasteiger charge is -2.49. The standard InChI is InChI=1S/C50H59N3O12/c1-29(55)40(45(57)51-35(28-54)21-23-39(56)62-48(2,3)4)52-47(59)49-26-38-41-42(64-50(63-41,33-14-7-5-8-15-33)34-16-9-6-10-17-34)44(49)65-53(43(49)46(58)61-38)27-32-13-11-12-30(24-32)18-19-31-20-22-36-37(25-31)60-36/h5-19,24,29,31,35-38,40-44,54-55H,20-23,25-28H2,1-4H3,(H,51,57)(H,52,59)/t29-,31?,35-,36?,37?,38+,40+,41-,42-,43-,44+,49-/m0/s1. The smallest absolute Gasteiger partial charge is 0.327 e. The fourth-order valence-electron chi connectivity index (χ4n) is 10.4. The highest BCUT2D eigenvalue weighted by molar-refractivity contribution is 5.96. The number of epoxide rings is 1. The monoisotopic (exact) mass is 893 g/mol. The van der Waals surface area contributed by atoms with Crippen LogP contribution in [-0.4, -0.2) is 112 Å². The maximum atomic E-state index is 15.3. The van der Waals surface area contributed by atoms with Crippen LogP contribution in [0.4, 0.5) is 0 Å². The Labute approximate surface area is 378 Å². The topological polar surface area (TPSA) is 195 Å². The van der Waals surface area contributed by atoms with E-state index in [-0.39, 0.29) is 25.8 Å². The van der Waals surface area contributed by atoms with Crippen LogP contribution in [0.3, 0.4) is 0 Å². The number of hydrogen-bond acceptors (Lipinski definition) is 13. The number of fused-ring (bicyclic) bond motifs is 5. The van der Waals surface area contributed by atoms with Gasteiger partial charge >= 0.3 is 11.9 Å². The SMILES string of the molecule is C[C@H](O)[C@@H](NC(=O)[C@@]12C[C@H]3OC(=O)[C@@H]1N(Cc1cccc(C=CC4CCC5OC5C4)c1)O[C@@H]2[C@H]1OC(c2ccccc2)(c2ccccc2)O[C@H]13)C(=O)N[C@H](CO)CCC(=O)OC(C)(C)C. The lowest BCUT2D eigenvalue weighted by Crippen LogP contribution is -2.71. The zero-order chi connectivity index (χ0) is 45.7. The quantitative estimate of drug-likeness (QED) is 0.125. The zero-order valence-corrected chi connectivity index (χ0v) is 37.2. The molecular weight excluding hydrogens is 835 g/mol. The van der Waals surface area contributed by atoms with Gasteiger partial charge in [-0.1, -0.05) is 97.1 Å². The van der Waals surface area contributed by atoms with Gasteiger partial charge in [0.2, 0.25) is 17.6 Å². The third-order valence-electron chi connectivity index (χ3n) is 13.5. The van der Waals surface area contributed by atoms with Crippen molar-refractivity contribution in [2.24, 2.45) is 11.3 Å². The average Bonchev–Trinajstić information content (AvgIpc) is 3.81. The number of carbonyl (C=O) groups excluding carboxylic acids is 4. The number of nitrogens with one attached hydrogen (secondary N) is 2. The van der Waals surface area contributed by atoms with Gasteiger partial charge in [0.1, 0.15) is 41.5 Å². The molecule has 4 N–H and O–H groups in total. The molecule has 346 valence electrons. The number of ether oxygens (including phenoxy) is 5. The van der Waals surface area contributed by atoms with Crippen LogP contribution < -0.4 is 10.6 Å². The summed E-state index contributed by atoms with van der Waals surface area (Å²) in [5.41, 5.74) is 0.740. The normalized spacial score (nSPS) is 31.2. The lowest BCUT2D eigenvalue weighted by molar-refractivity contribution is -0.213. The van der Waals surface area contributed by atoms with Gasteiger partial charge in [0.05, 0.1) is 37.5 Å². The second kappa shape index (κ2) is 18.0. The largest absolute Gasteiger partial charge is 0.460 e. The summed E-state index contributed by atoms with van der Waals surface area (Å²) in [6, 6.07) is 23.0. The van der Waals surface area contributed by atoms with E-state index in [4.69, 9.17) is 28.5 Å². The first kappa shape index (κ1) is 45.2. The van der Waals surface area contributed by atoms with Crippen molar-refractivity contribution in [3.63, 3.8) is 0 Å². The maximum Gasteiger partial charge on any atom is 0.327 e. The molecule has 15 nitrogen and oxygen atoms in total. The lowest BCUT2D eigenvalue weighted by atomic mass is 9.62. The van der Waals surface area contributed by atoms with E-state index in [1.165, 1.54) is 12.0 Å².